The summed E-state index contributed by atoms with van der Waals surface area (Å²) in [6.45, 7) is 3.93. The number of rotatable bonds is 4. The lowest BCUT2D eigenvalue weighted by molar-refractivity contribution is -0.129. The number of carbonyl (C=O) groups excluding carboxylic acids is 1. The quantitative estimate of drug-likeness (QED) is 0.489. The second-order valence-corrected chi connectivity index (χ2v) is 6.57. The molecule has 1 aliphatic rings. The molecule has 4 heteroatoms. The Morgan fingerprint density at radius 3 is 2.56 bits per heavy atom. The largest absolute Gasteiger partial charge is 0.490 e. The van der Waals surface area contributed by atoms with Crippen LogP contribution in [0.3, 0.4) is 0 Å². The van der Waals surface area contributed by atoms with E-state index in [1.807, 2.05) is 80.6 Å². The summed E-state index contributed by atoms with van der Waals surface area (Å²) in [7, 11) is 0. The molecule has 0 amide bonds. The number of fused-ring (bicyclic) bond motifs is 1. The molecular weight excluding hydrogens is 338 g/mol. The number of ether oxygens (including phenoxy) is 2. The number of cyclic esters (lactones) is 1. The van der Waals surface area contributed by atoms with Crippen LogP contribution in [-0.2, 0) is 9.53 Å². The van der Waals surface area contributed by atoms with Crippen molar-refractivity contribution in [1.29, 1.82) is 0 Å². The Morgan fingerprint density at radius 1 is 0.963 bits per heavy atom. The molecule has 4 rings (SSSR count). The predicted molar refractivity (Wildman–Crippen MR) is 107 cm³/mol. The van der Waals surface area contributed by atoms with Crippen molar-refractivity contribution in [2.45, 2.75) is 20.0 Å². The number of carbonyl (C=O) groups is 1. The van der Waals surface area contributed by atoms with Crippen molar-refractivity contribution in [1.82, 2.24) is 0 Å². The minimum atomic E-state index is -0.461. The van der Waals surface area contributed by atoms with Crippen molar-refractivity contribution in [3.8, 4) is 5.75 Å². The minimum Gasteiger partial charge on any atom is -0.490 e. The van der Waals surface area contributed by atoms with Gasteiger partial charge in [-0.3, -0.25) is 0 Å². The van der Waals surface area contributed by atoms with E-state index in [1.54, 1.807) is 6.08 Å². The summed E-state index contributed by atoms with van der Waals surface area (Å²) < 4.78 is 11.3. The first-order valence-electron chi connectivity index (χ1n) is 8.88. The third kappa shape index (κ3) is 3.47. The van der Waals surface area contributed by atoms with Gasteiger partial charge in [-0.25, -0.2) is 9.79 Å². The monoisotopic (exact) mass is 357 g/mol. The van der Waals surface area contributed by atoms with Crippen molar-refractivity contribution >= 4 is 28.7 Å². The van der Waals surface area contributed by atoms with E-state index in [0.29, 0.717) is 11.6 Å². The lowest BCUT2D eigenvalue weighted by Crippen LogP contribution is -2.07. The highest BCUT2D eigenvalue weighted by molar-refractivity contribution is 6.17. The summed E-state index contributed by atoms with van der Waals surface area (Å²) in [5, 5.41) is 2.07. The third-order valence-electron chi connectivity index (χ3n) is 4.21. The van der Waals surface area contributed by atoms with Crippen LogP contribution < -0.4 is 4.74 Å². The maximum absolute atomic E-state index is 12.4. The van der Waals surface area contributed by atoms with Crippen molar-refractivity contribution in [3.05, 3.63) is 83.6 Å². The predicted octanol–water partition coefficient (Wildman–Crippen LogP) is 4.97. The Kier molecular flexibility index (Phi) is 4.47. The molecule has 0 atom stereocenters. The van der Waals surface area contributed by atoms with Gasteiger partial charge in [0.25, 0.3) is 0 Å². The number of hydrogen-bond acceptors (Lipinski definition) is 4. The van der Waals surface area contributed by atoms with E-state index in [1.165, 1.54) is 0 Å². The normalized spacial score (nSPS) is 15.3. The molecule has 27 heavy (non-hydrogen) atoms. The summed E-state index contributed by atoms with van der Waals surface area (Å²) in [4.78, 5) is 16.8. The molecular formula is C23H19NO3. The number of benzene rings is 3. The second-order valence-electron chi connectivity index (χ2n) is 6.57. The van der Waals surface area contributed by atoms with E-state index in [0.717, 1.165) is 21.9 Å². The average Bonchev–Trinajstić information content (AvgIpc) is 3.03. The number of aliphatic imine (C=N–C) groups is 1. The standard InChI is InChI=1S/C23H19NO3/c1-15(2)26-21-13-6-4-9-17(21)14-20-23(25)27-22(24-20)19-12-7-10-16-8-3-5-11-18(16)19/h3-15H,1-2H3/b20-14-. The zero-order valence-electron chi connectivity index (χ0n) is 15.2. The molecule has 0 spiro atoms. The van der Waals surface area contributed by atoms with Crippen LogP contribution in [0.1, 0.15) is 25.0 Å². The Hall–Kier alpha value is -3.40. The van der Waals surface area contributed by atoms with Crippen molar-refractivity contribution in [3.63, 3.8) is 0 Å². The number of hydrogen-bond donors (Lipinski definition) is 0. The first kappa shape index (κ1) is 17.0. The number of nitrogens with zero attached hydrogens (tertiary/aromatic N) is 1. The second kappa shape index (κ2) is 7.08. The zero-order chi connectivity index (χ0) is 18.8. The van der Waals surface area contributed by atoms with Crippen molar-refractivity contribution in [2.75, 3.05) is 0 Å². The minimum absolute atomic E-state index is 0.0369. The summed E-state index contributed by atoms with van der Waals surface area (Å²) in [6, 6.07) is 21.4. The van der Waals surface area contributed by atoms with Crippen LogP contribution in [0.15, 0.2) is 77.4 Å². The van der Waals surface area contributed by atoms with E-state index < -0.39 is 5.97 Å². The Balaban J connectivity index is 1.75. The molecule has 4 nitrogen and oxygen atoms in total. The highest BCUT2D eigenvalue weighted by Gasteiger charge is 2.25. The van der Waals surface area contributed by atoms with Crippen LogP contribution >= 0.6 is 0 Å². The van der Waals surface area contributed by atoms with Gasteiger partial charge in [-0.05, 0) is 42.8 Å². The van der Waals surface area contributed by atoms with Gasteiger partial charge in [-0.15, -0.1) is 0 Å². The zero-order valence-corrected chi connectivity index (χ0v) is 15.2. The fourth-order valence-electron chi connectivity index (χ4n) is 3.04. The van der Waals surface area contributed by atoms with Gasteiger partial charge >= 0.3 is 5.97 Å². The van der Waals surface area contributed by atoms with E-state index in [-0.39, 0.29) is 11.8 Å². The van der Waals surface area contributed by atoms with Crippen LogP contribution in [0.25, 0.3) is 16.8 Å². The maximum Gasteiger partial charge on any atom is 0.363 e. The van der Waals surface area contributed by atoms with Gasteiger partial charge in [0.2, 0.25) is 5.90 Å². The van der Waals surface area contributed by atoms with Crippen LogP contribution in [-0.4, -0.2) is 18.0 Å². The van der Waals surface area contributed by atoms with Crippen molar-refractivity contribution < 1.29 is 14.3 Å². The smallest absolute Gasteiger partial charge is 0.363 e. The Bertz CT molecular complexity index is 1070. The SMILES string of the molecule is CC(C)Oc1ccccc1/C=C1\N=C(c2cccc3ccccc23)OC1=O. The lowest BCUT2D eigenvalue weighted by Gasteiger charge is -2.12. The van der Waals surface area contributed by atoms with E-state index >= 15 is 0 Å². The maximum atomic E-state index is 12.4. The summed E-state index contributed by atoms with van der Waals surface area (Å²) in [5.74, 6) is 0.573. The van der Waals surface area contributed by atoms with E-state index in [4.69, 9.17) is 9.47 Å². The summed E-state index contributed by atoms with van der Waals surface area (Å²) in [5.41, 5.74) is 1.86. The van der Waals surface area contributed by atoms with Gasteiger partial charge < -0.3 is 9.47 Å². The van der Waals surface area contributed by atoms with Crippen LogP contribution in [0.2, 0.25) is 0 Å². The third-order valence-corrected chi connectivity index (χ3v) is 4.21. The highest BCUT2D eigenvalue weighted by atomic mass is 16.6. The number of para-hydroxylation sites is 1. The van der Waals surface area contributed by atoms with Gasteiger partial charge in [-0.2, -0.15) is 0 Å². The molecule has 0 aromatic heterocycles. The molecule has 134 valence electrons. The average molecular weight is 357 g/mol. The Labute approximate surface area is 157 Å². The number of esters is 1. The van der Waals surface area contributed by atoms with Gasteiger partial charge in [0.15, 0.2) is 5.70 Å². The van der Waals surface area contributed by atoms with Gasteiger partial charge in [0.05, 0.1) is 6.10 Å². The molecule has 0 radical (unpaired) electrons. The molecule has 1 heterocycles. The molecule has 0 saturated heterocycles. The summed E-state index contributed by atoms with van der Waals surface area (Å²) >= 11 is 0. The molecule has 1 aliphatic heterocycles. The lowest BCUT2D eigenvalue weighted by atomic mass is 10.0. The van der Waals surface area contributed by atoms with Crippen LogP contribution in [0.5, 0.6) is 5.75 Å². The van der Waals surface area contributed by atoms with Gasteiger partial charge in [0.1, 0.15) is 5.75 Å². The molecule has 3 aromatic carbocycles. The molecule has 0 saturated carbocycles. The van der Waals surface area contributed by atoms with Crippen LogP contribution in [0, 0.1) is 0 Å². The molecule has 3 aromatic rings. The highest BCUT2D eigenvalue weighted by Crippen LogP contribution is 2.27. The van der Waals surface area contributed by atoms with E-state index in [9.17, 15) is 4.79 Å². The van der Waals surface area contributed by atoms with Gasteiger partial charge in [0, 0.05) is 11.1 Å². The summed E-state index contributed by atoms with van der Waals surface area (Å²) in [6.07, 6.45) is 1.74. The molecule has 0 N–H and O–H groups in total. The fraction of sp³-hybridized carbons (Fsp3) is 0.130. The first-order chi connectivity index (χ1) is 13.1. The molecule has 0 unspecified atom stereocenters. The van der Waals surface area contributed by atoms with Crippen LogP contribution in [0.4, 0.5) is 0 Å². The molecule has 0 aliphatic carbocycles. The fourth-order valence-corrected chi connectivity index (χ4v) is 3.04. The molecule has 0 fully saturated rings. The topological polar surface area (TPSA) is 47.9 Å². The first-order valence-corrected chi connectivity index (χ1v) is 8.88. The van der Waals surface area contributed by atoms with Crippen molar-refractivity contribution in [2.24, 2.45) is 4.99 Å². The van der Waals surface area contributed by atoms with Gasteiger partial charge in [-0.1, -0.05) is 54.6 Å². The van der Waals surface area contributed by atoms with E-state index in [2.05, 4.69) is 4.99 Å². The molecule has 0 bridgehead atoms. The Morgan fingerprint density at radius 2 is 1.70 bits per heavy atom.